The van der Waals surface area contributed by atoms with Crippen molar-refractivity contribution in [3.63, 3.8) is 0 Å². The molecule has 0 saturated carbocycles. The van der Waals surface area contributed by atoms with E-state index in [1.165, 1.54) is 13.4 Å². The third kappa shape index (κ3) is 1.20. The fourth-order valence-electron chi connectivity index (χ4n) is 1.07. The first-order chi connectivity index (χ1) is 6.74. The molecule has 0 fully saturated rings. The van der Waals surface area contributed by atoms with Gasteiger partial charge in [0.2, 0.25) is 0 Å². The molecule has 0 aliphatic heterocycles. The molecule has 7 heteroatoms. The molecule has 14 heavy (non-hydrogen) atoms. The number of halogens is 1. The fourth-order valence-corrected chi connectivity index (χ4v) is 1.29. The van der Waals surface area contributed by atoms with Crippen LogP contribution in [0.5, 0.6) is 0 Å². The van der Waals surface area contributed by atoms with Crippen molar-refractivity contribution < 1.29 is 9.53 Å². The molecule has 0 saturated heterocycles. The van der Waals surface area contributed by atoms with Gasteiger partial charge in [-0.1, -0.05) is 11.6 Å². The number of nitrogens with one attached hydrogen (secondary N) is 1. The molecule has 0 radical (unpaired) electrons. The number of aromatic amines is 1. The van der Waals surface area contributed by atoms with Crippen molar-refractivity contribution in [3.05, 3.63) is 17.2 Å². The van der Waals surface area contributed by atoms with Gasteiger partial charge < -0.3 is 4.74 Å². The molecule has 0 bridgehead atoms. The van der Waals surface area contributed by atoms with E-state index in [4.69, 9.17) is 11.6 Å². The number of ether oxygens (including phenoxy) is 1. The lowest BCUT2D eigenvalue weighted by molar-refractivity contribution is 0.0596. The highest BCUT2D eigenvalue weighted by Gasteiger charge is 2.17. The van der Waals surface area contributed by atoms with Crippen molar-refractivity contribution in [2.24, 2.45) is 0 Å². The Balaban J connectivity index is 2.73. The number of aromatic nitrogens is 4. The number of carbonyl (C=O) groups excluding carboxylic acids is 1. The molecule has 2 heterocycles. The lowest BCUT2D eigenvalue weighted by Crippen LogP contribution is -2.02. The van der Waals surface area contributed by atoms with Crippen LogP contribution in [0.1, 0.15) is 10.5 Å². The number of esters is 1. The first-order valence-electron chi connectivity index (χ1n) is 3.67. The van der Waals surface area contributed by atoms with Crippen molar-refractivity contribution in [2.75, 3.05) is 7.11 Å². The van der Waals surface area contributed by atoms with Crippen LogP contribution in [0.15, 0.2) is 6.33 Å². The Bertz CT molecular complexity index is 495. The Labute approximate surface area is 83.3 Å². The van der Waals surface area contributed by atoms with E-state index in [2.05, 4.69) is 24.9 Å². The summed E-state index contributed by atoms with van der Waals surface area (Å²) >= 11 is 5.79. The monoisotopic (exact) mass is 212 g/mol. The fraction of sp³-hybridized carbons (Fsp3) is 0.143. The molecular weight excluding hydrogens is 208 g/mol. The Morgan fingerprint density at radius 1 is 1.57 bits per heavy atom. The summed E-state index contributed by atoms with van der Waals surface area (Å²) in [7, 11) is 1.27. The van der Waals surface area contributed by atoms with Crippen LogP contribution >= 0.6 is 11.6 Å². The Morgan fingerprint density at radius 3 is 3.07 bits per heavy atom. The van der Waals surface area contributed by atoms with Gasteiger partial charge in [0.15, 0.2) is 11.3 Å². The summed E-state index contributed by atoms with van der Waals surface area (Å²) in [5.41, 5.74) is 0.499. The summed E-state index contributed by atoms with van der Waals surface area (Å²) in [6.07, 6.45) is 1.27. The second kappa shape index (κ2) is 3.22. The van der Waals surface area contributed by atoms with E-state index in [1.54, 1.807) is 0 Å². The molecule has 0 spiro atoms. The van der Waals surface area contributed by atoms with Crippen LogP contribution < -0.4 is 0 Å². The van der Waals surface area contributed by atoms with Gasteiger partial charge in [0.25, 0.3) is 0 Å². The van der Waals surface area contributed by atoms with E-state index in [0.717, 1.165) is 0 Å². The van der Waals surface area contributed by atoms with E-state index in [-0.39, 0.29) is 10.8 Å². The molecule has 0 aliphatic carbocycles. The molecule has 6 nitrogen and oxygen atoms in total. The smallest absolute Gasteiger partial charge is 0.356 e. The number of methoxy groups -OCH3 is 1. The lowest BCUT2D eigenvalue weighted by Gasteiger charge is -1.95. The van der Waals surface area contributed by atoms with E-state index in [9.17, 15) is 4.79 Å². The number of rotatable bonds is 1. The zero-order chi connectivity index (χ0) is 10.1. The first-order valence-corrected chi connectivity index (χ1v) is 4.04. The Morgan fingerprint density at radius 2 is 2.36 bits per heavy atom. The third-order valence-electron chi connectivity index (χ3n) is 1.69. The van der Waals surface area contributed by atoms with Crippen molar-refractivity contribution in [1.29, 1.82) is 0 Å². The molecule has 2 aromatic heterocycles. The molecule has 0 aliphatic rings. The van der Waals surface area contributed by atoms with Crippen molar-refractivity contribution in [1.82, 2.24) is 20.2 Å². The molecule has 0 unspecified atom stereocenters. The van der Waals surface area contributed by atoms with Crippen LogP contribution in [0.2, 0.25) is 5.15 Å². The first kappa shape index (κ1) is 8.89. The van der Waals surface area contributed by atoms with Crippen LogP contribution in [0.4, 0.5) is 0 Å². The highest BCUT2D eigenvalue weighted by molar-refractivity contribution is 6.35. The van der Waals surface area contributed by atoms with Crippen LogP contribution in [-0.2, 0) is 4.74 Å². The largest absolute Gasteiger partial charge is 0.464 e. The standard InChI is InChI=1S/C7H5ClN4O2/c1-14-7(13)4-3-5(8)9-2-10-6(3)12-11-4/h2H,1H3,(H,9,10,11,12). The van der Waals surface area contributed by atoms with Crippen molar-refractivity contribution >= 4 is 28.6 Å². The van der Waals surface area contributed by atoms with E-state index >= 15 is 0 Å². The molecule has 0 atom stereocenters. The van der Waals surface area contributed by atoms with Gasteiger partial charge in [-0.2, -0.15) is 5.10 Å². The van der Waals surface area contributed by atoms with Gasteiger partial charge in [-0.15, -0.1) is 0 Å². The summed E-state index contributed by atoms with van der Waals surface area (Å²) in [6, 6.07) is 0. The van der Waals surface area contributed by atoms with Crippen LogP contribution in [-0.4, -0.2) is 33.2 Å². The van der Waals surface area contributed by atoms with Crippen LogP contribution in [0, 0.1) is 0 Å². The van der Waals surface area contributed by atoms with E-state index in [1.807, 2.05) is 0 Å². The van der Waals surface area contributed by atoms with Gasteiger partial charge in [-0.25, -0.2) is 14.8 Å². The second-order valence-electron chi connectivity index (χ2n) is 2.45. The zero-order valence-electron chi connectivity index (χ0n) is 7.11. The normalized spacial score (nSPS) is 10.4. The average Bonchev–Trinajstić information content (AvgIpc) is 2.62. The topological polar surface area (TPSA) is 80.8 Å². The van der Waals surface area contributed by atoms with Gasteiger partial charge >= 0.3 is 5.97 Å². The summed E-state index contributed by atoms with van der Waals surface area (Å²) < 4.78 is 4.53. The number of hydrogen-bond acceptors (Lipinski definition) is 5. The molecule has 0 amide bonds. The van der Waals surface area contributed by atoms with Crippen molar-refractivity contribution in [2.45, 2.75) is 0 Å². The molecular formula is C7H5ClN4O2. The minimum Gasteiger partial charge on any atom is -0.464 e. The number of nitrogens with zero attached hydrogens (tertiary/aromatic N) is 3. The average molecular weight is 213 g/mol. The minimum absolute atomic E-state index is 0.160. The predicted molar refractivity (Wildman–Crippen MR) is 48.0 cm³/mol. The number of H-pyrrole nitrogens is 1. The summed E-state index contributed by atoms with van der Waals surface area (Å²) in [6.45, 7) is 0. The van der Waals surface area contributed by atoms with Crippen LogP contribution in [0.3, 0.4) is 0 Å². The highest BCUT2D eigenvalue weighted by Crippen LogP contribution is 2.21. The maximum absolute atomic E-state index is 11.2. The summed E-state index contributed by atoms with van der Waals surface area (Å²) in [5, 5.41) is 6.83. The Kier molecular flexibility index (Phi) is 2.05. The summed E-state index contributed by atoms with van der Waals surface area (Å²) in [4.78, 5) is 18.8. The van der Waals surface area contributed by atoms with E-state index in [0.29, 0.717) is 11.0 Å². The second-order valence-corrected chi connectivity index (χ2v) is 2.81. The van der Waals surface area contributed by atoms with Gasteiger partial charge in [0.1, 0.15) is 11.5 Å². The van der Waals surface area contributed by atoms with E-state index < -0.39 is 5.97 Å². The highest BCUT2D eigenvalue weighted by atomic mass is 35.5. The number of carbonyl (C=O) groups is 1. The molecule has 2 rings (SSSR count). The minimum atomic E-state index is -0.552. The SMILES string of the molecule is COC(=O)c1[nH]nc2ncnc(Cl)c12. The number of hydrogen-bond donors (Lipinski definition) is 1. The maximum Gasteiger partial charge on any atom is 0.356 e. The molecule has 1 N–H and O–H groups in total. The lowest BCUT2D eigenvalue weighted by atomic mass is 10.3. The molecule has 0 aromatic carbocycles. The summed E-state index contributed by atoms with van der Waals surface area (Å²) in [5.74, 6) is -0.552. The zero-order valence-corrected chi connectivity index (χ0v) is 7.87. The van der Waals surface area contributed by atoms with Gasteiger partial charge in [0, 0.05) is 0 Å². The van der Waals surface area contributed by atoms with Gasteiger partial charge in [-0.3, -0.25) is 5.10 Å². The quantitative estimate of drug-likeness (QED) is 0.558. The Hall–Kier alpha value is -1.69. The molecule has 2 aromatic rings. The number of fused-ring (bicyclic) bond motifs is 1. The maximum atomic E-state index is 11.2. The van der Waals surface area contributed by atoms with Gasteiger partial charge in [-0.05, 0) is 0 Å². The van der Waals surface area contributed by atoms with Crippen LogP contribution in [0.25, 0.3) is 11.0 Å². The predicted octanol–water partition coefficient (Wildman–Crippen LogP) is 0.793. The van der Waals surface area contributed by atoms with Crippen molar-refractivity contribution in [3.8, 4) is 0 Å². The molecule has 72 valence electrons. The van der Waals surface area contributed by atoms with Gasteiger partial charge in [0.05, 0.1) is 12.5 Å². The third-order valence-corrected chi connectivity index (χ3v) is 1.98.